The smallest absolute Gasteiger partial charge is 0.279 e. The highest BCUT2D eigenvalue weighted by Gasteiger charge is 2.20. The van der Waals surface area contributed by atoms with Crippen molar-refractivity contribution in [1.82, 2.24) is 19.2 Å². The number of anilines is 1. The number of rotatable bonds is 6. The number of nitrogens with one attached hydrogen (secondary N) is 1. The normalized spacial score (nSPS) is 11.0. The van der Waals surface area contributed by atoms with Crippen LogP contribution in [-0.4, -0.2) is 25.1 Å². The Labute approximate surface area is 186 Å². The summed E-state index contributed by atoms with van der Waals surface area (Å²) in [5.41, 5.74) is 4.44. The number of benzene rings is 2. The summed E-state index contributed by atoms with van der Waals surface area (Å²) in [5, 5.41) is 7.32. The molecule has 0 aliphatic carbocycles. The average molecular weight is 428 g/mol. The first-order chi connectivity index (χ1) is 15.4. The zero-order valence-corrected chi connectivity index (χ0v) is 18.4. The minimum Gasteiger partial charge on any atom is -0.326 e. The summed E-state index contributed by atoms with van der Waals surface area (Å²) < 4.78 is 3.13. The summed E-state index contributed by atoms with van der Waals surface area (Å²) in [6, 6.07) is 15.3. The maximum Gasteiger partial charge on any atom is 0.279 e. The largest absolute Gasteiger partial charge is 0.326 e. The van der Waals surface area contributed by atoms with Crippen LogP contribution in [0.4, 0.5) is 5.69 Å². The van der Waals surface area contributed by atoms with Gasteiger partial charge in [0.15, 0.2) is 5.82 Å². The van der Waals surface area contributed by atoms with Crippen LogP contribution in [0.1, 0.15) is 22.4 Å². The van der Waals surface area contributed by atoms with E-state index < -0.39 is 0 Å². The Morgan fingerprint density at radius 1 is 1.03 bits per heavy atom. The number of carbonyl (C=O) groups is 1. The van der Waals surface area contributed by atoms with Gasteiger partial charge in [-0.2, -0.15) is 9.50 Å². The van der Waals surface area contributed by atoms with Crippen LogP contribution in [0.25, 0.3) is 17.2 Å². The SMILES string of the molecule is C=CCn1c(C)c(CC(=O)Nc2ccc(C)cc2)c(=O)n2nc(-c3ccc(C)cc3)nc12. The molecule has 0 bridgehead atoms. The Bertz CT molecular complexity index is 1360. The second kappa shape index (κ2) is 8.63. The van der Waals surface area contributed by atoms with Crippen molar-refractivity contribution in [3.8, 4) is 11.4 Å². The standard InChI is InChI=1S/C25H25N5O2/c1-5-14-29-18(4)21(15-22(31)26-20-12-8-17(3)9-13-20)24(32)30-25(29)27-23(28-30)19-10-6-16(2)7-11-19/h5-13H,1,14-15H2,2-4H3,(H,26,31). The molecule has 0 fully saturated rings. The van der Waals surface area contributed by atoms with E-state index in [-0.39, 0.29) is 17.9 Å². The van der Waals surface area contributed by atoms with Gasteiger partial charge in [-0.05, 0) is 32.9 Å². The fraction of sp³-hybridized carbons (Fsp3) is 0.200. The van der Waals surface area contributed by atoms with Gasteiger partial charge in [0.2, 0.25) is 11.7 Å². The molecule has 2 aromatic heterocycles. The third kappa shape index (κ3) is 4.09. The first kappa shape index (κ1) is 21.2. The zero-order chi connectivity index (χ0) is 22.8. The molecule has 0 saturated carbocycles. The van der Waals surface area contributed by atoms with Crippen LogP contribution in [0.15, 0.2) is 66.0 Å². The molecule has 0 unspecified atom stereocenters. The summed E-state index contributed by atoms with van der Waals surface area (Å²) in [6.07, 6.45) is 1.67. The topological polar surface area (TPSA) is 81.3 Å². The van der Waals surface area contributed by atoms with Gasteiger partial charge in [0.05, 0.1) is 6.42 Å². The third-order valence-corrected chi connectivity index (χ3v) is 5.42. The molecule has 162 valence electrons. The highest BCUT2D eigenvalue weighted by Crippen LogP contribution is 2.18. The molecule has 0 radical (unpaired) electrons. The molecule has 0 aliphatic heterocycles. The number of fused-ring (bicyclic) bond motifs is 1. The molecule has 1 N–H and O–H groups in total. The quantitative estimate of drug-likeness (QED) is 0.474. The predicted octanol–water partition coefficient (Wildman–Crippen LogP) is 3.85. The molecule has 0 atom stereocenters. The van der Waals surface area contributed by atoms with Crippen molar-refractivity contribution in [2.45, 2.75) is 33.7 Å². The molecule has 7 nitrogen and oxygen atoms in total. The Balaban J connectivity index is 1.76. The van der Waals surface area contributed by atoms with E-state index in [0.29, 0.717) is 35.1 Å². The van der Waals surface area contributed by atoms with Gasteiger partial charge >= 0.3 is 0 Å². The lowest BCUT2D eigenvalue weighted by Gasteiger charge is -2.14. The third-order valence-electron chi connectivity index (χ3n) is 5.42. The Morgan fingerprint density at radius 2 is 1.66 bits per heavy atom. The van der Waals surface area contributed by atoms with Crippen molar-refractivity contribution in [3.63, 3.8) is 0 Å². The molecular weight excluding hydrogens is 402 g/mol. The predicted molar refractivity (Wildman–Crippen MR) is 126 cm³/mol. The van der Waals surface area contributed by atoms with Crippen molar-refractivity contribution < 1.29 is 4.79 Å². The minimum absolute atomic E-state index is 0.0641. The fourth-order valence-corrected chi connectivity index (χ4v) is 3.59. The molecule has 0 aliphatic rings. The lowest BCUT2D eigenvalue weighted by molar-refractivity contribution is -0.115. The Morgan fingerprint density at radius 3 is 2.28 bits per heavy atom. The van der Waals surface area contributed by atoms with Crippen LogP contribution < -0.4 is 10.9 Å². The van der Waals surface area contributed by atoms with Crippen LogP contribution >= 0.6 is 0 Å². The van der Waals surface area contributed by atoms with Crippen molar-refractivity contribution >= 4 is 17.4 Å². The van der Waals surface area contributed by atoms with Crippen molar-refractivity contribution in [2.24, 2.45) is 0 Å². The number of nitrogens with zero attached hydrogens (tertiary/aromatic N) is 4. The number of amides is 1. The zero-order valence-electron chi connectivity index (χ0n) is 18.4. The Hall–Kier alpha value is -4.00. The number of aromatic nitrogens is 4. The number of aryl methyl sites for hydroxylation is 2. The van der Waals surface area contributed by atoms with Crippen molar-refractivity contribution in [3.05, 3.63) is 93.9 Å². The van der Waals surface area contributed by atoms with Crippen LogP contribution in [0.3, 0.4) is 0 Å². The van der Waals surface area contributed by atoms with Crippen LogP contribution in [0.2, 0.25) is 0 Å². The maximum atomic E-state index is 13.3. The van der Waals surface area contributed by atoms with Crippen LogP contribution in [-0.2, 0) is 17.8 Å². The van der Waals surface area contributed by atoms with Gasteiger partial charge in [-0.15, -0.1) is 11.7 Å². The molecule has 4 aromatic rings. The lowest BCUT2D eigenvalue weighted by Crippen LogP contribution is -2.29. The van der Waals surface area contributed by atoms with E-state index in [1.165, 1.54) is 4.52 Å². The van der Waals surface area contributed by atoms with Crippen LogP contribution in [0, 0.1) is 20.8 Å². The monoisotopic (exact) mass is 427 g/mol. The molecular formula is C25H25N5O2. The molecule has 0 saturated heterocycles. The summed E-state index contributed by atoms with van der Waals surface area (Å²) in [4.78, 5) is 30.6. The average Bonchev–Trinajstić information content (AvgIpc) is 3.22. The van der Waals surface area contributed by atoms with Gasteiger partial charge in [-0.3, -0.25) is 9.59 Å². The number of hydrogen-bond acceptors (Lipinski definition) is 4. The molecule has 32 heavy (non-hydrogen) atoms. The van der Waals surface area contributed by atoms with Gasteiger partial charge in [0.1, 0.15) is 0 Å². The number of allylic oxidation sites excluding steroid dienone is 1. The first-order valence-electron chi connectivity index (χ1n) is 10.4. The summed E-state index contributed by atoms with van der Waals surface area (Å²) in [5.74, 6) is 0.615. The second-order valence-electron chi connectivity index (χ2n) is 7.87. The van der Waals surface area contributed by atoms with E-state index in [2.05, 4.69) is 22.0 Å². The fourth-order valence-electron chi connectivity index (χ4n) is 3.59. The number of hydrogen-bond donors (Lipinski definition) is 1. The van der Waals surface area contributed by atoms with Gasteiger partial charge in [0.25, 0.3) is 5.56 Å². The second-order valence-corrected chi connectivity index (χ2v) is 7.87. The van der Waals surface area contributed by atoms with Gasteiger partial charge in [0, 0.05) is 29.1 Å². The van der Waals surface area contributed by atoms with Gasteiger partial charge < -0.3 is 9.88 Å². The highest BCUT2D eigenvalue weighted by atomic mass is 16.2. The van der Waals surface area contributed by atoms with E-state index >= 15 is 0 Å². The van der Waals surface area contributed by atoms with E-state index in [1.54, 1.807) is 6.08 Å². The van der Waals surface area contributed by atoms with Crippen molar-refractivity contribution in [2.75, 3.05) is 5.32 Å². The molecule has 2 aromatic carbocycles. The maximum absolute atomic E-state index is 13.3. The Kier molecular flexibility index (Phi) is 5.73. The first-order valence-corrected chi connectivity index (χ1v) is 10.4. The molecule has 0 spiro atoms. The van der Waals surface area contributed by atoms with Gasteiger partial charge in [-0.1, -0.05) is 53.6 Å². The molecule has 2 heterocycles. The van der Waals surface area contributed by atoms with E-state index in [9.17, 15) is 9.59 Å². The van der Waals surface area contributed by atoms with Gasteiger partial charge in [-0.25, -0.2) is 0 Å². The summed E-state index contributed by atoms with van der Waals surface area (Å²) >= 11 is 0. The van der Waals surface area contributed by atoms with E-state index in [4.69, 9.17) is 0 Å². The number of carbonyl (C=O) groups excluding carboxylic acids is 1. The van der Waals surface area contributed by atoms with Crippen molar-refractivity contribution in [1.29, 1.82) is 0 Å². The molecule has 4 rings (SSSR count). The summed E-state index contributed by atoms with van der Waals surface area (Å²) in [7, 11) is 0. The molecule has 7 heteroatoms. The summed E-state index contributed by atoms with van der Waals surface area (Å²) in [6.45, 7) is 10.1. The van der Waals surface area contributed by atoms with Crippen LogP contribution in [0.5, 0.6) is 0 Å². The van der Waals surface area contributed by atoms with E-state index in [1.807, 2.05) is 73.9 Å². The highest BCUT2D eigenvalue weighted by molar-refractivity contribution is 5.92. The minimum atomic E-state index is -0.345. The molecule has 1 amide bonds. The lowest BCUT2D eigenvalue weighted by atomic mass is 10.1. The van der Waals surface area contributed by atoms with E-state index in [0.717, 1.165) is 16.7 Å².